The van der Waals surface area contributed by atoms with Crippen LogP contribution in [-0.2, 0) is 4.79 Å². The third kappa shape index (κ3) is 51.2. The van der Waals surface area contributed by atoms with Crippen molar-refractivity contribution in [2.75, 3.05) is 6.61 Å². The van der Waals surface area contributed by atoms with Crippen LogP contribution in [0, 0.1) is 0 Å². The number of nitrogens with one attached hydrogen (secondary N) is 1. The maximum Gasteiger partial charge on any atom is 0.249 e. The van der Waals surface area contributed by atoms with Gasteiger partial charge in [-0.2, -0.15) is 0 Å². The van der Waals surface area contributed by atoms with Gasteiger partial charge in [-0.1, -0.05) is 281 Å². The molecule has 6 heteroatoms. The highest BCUT2D eigenvalue weighted by atomic mass is 16.3. The molecule has 70 heavy (non-hydrogen) atoms. The summed E-state index contributed by atoms with van der Waals surface area (Å²) in [6, 6.07) is -1.01. The van der Waals surface area contributed by atoms with E-state index >= 15 is 0 Å². The van der Waals surface area contributed by atoms with Crippen molar-refractivity contribution in [1.82, 2.24) is 5.32 Å². The minimum Gasteiger partial charge on any atom is -0.394 e. The summed E-state index contributed by atoms with van der Waals surface area (Å²) < 4.78 is 0. The van der Waals surface area contributed by atoms with Crippen LogP contribution in [0.3, 0.4) is 0 Å². The van der Waals surface area contributed by atoms with Crippen LogP contribution in [0.15, 0.2) is 48.6 Å². The second kappa shape index (κ2) is 58.2. The number of hydrogen-bond donors (Lipinski definition) is 5. The largest absolute Gasteiger partial charge is 0.394 e. The van der Waals surface area contributed by atoms with E-state index in [1.807, 2.05) is 0 Å². The van der Waals surface area contributed by atoms with Crippen LogP contribution < -0.4 is 5.32 Å². The molecule has 0 radical (unpaired) electrons. The average molecular weight is 985 g/mol. The predicted molar refractivity (Wildman–Crippen MR) is 307 cm³/mol. The second-order valence-corrected chi connectivity index (χ2v) is 21.4. The van der Waals surface area contributed by atoms with Crippen molar-refractivity contribution in [3.63, 3.8) is 0 Å². The first kappa shape index (κ1) is 68.3. The van der Waals surface area contributed by atoms with E-state index in [4.69, 9.17) is 0 Å². The van der Waals surface area contributed by atoms with Crippen LogP contribution >= 0.6 is 0 Å². The molecule has 0 spiro atoms. The number of amides is 1. The third-order valence-electron chi connectivity index (χ3n) is 14.5. The van der Waals surface area contributed by atoms with Gasteiger partial charge >= 0.3 is 0 Å². The molecule has 0 rings (SSSR count). The zero-order valence-electron chi connectivity index (χ0n) is 46.8. The Bertz CT molecular complexity index is 1150. The van der Waals surface area contributed by atoms with Gasteiger partial charge in [0.2, 0.25) is 5.91 Å². The monoisotopic (exact) mass is 984 g/mol. The van der Waals surface area contributed by atoms with E-state index in [2.05, 4.69) is 67.8 Å². The Labute approximate surface area is 436 Å². The fourth-order valence-electron chi connectivity index (χ4n) is 9.61. The van der Waals surface area contributed by atoms with E-state index < -0.39 is 36.9 Å². The number of carbonyl (C=O) groups is 1. The molecule has 4 atom stereocenters. The van der Waals surface area contributed by atoms with Gasteiger partial charge in [0.15, 0.2) is 0 Å². The number of hydrogen-bond acceptors (Lipinski definition) is 5. The molecule has 0 bridgehead atoms. The van der Waals surface area contributed by atoms with E-state index in [0.29, 0.717) is 19.3 Å². The lowest BCUT2D eigenvalue weighted by molar-refractivity contribution is -0.132. The molecular weight excluding hydrogens is 863 g/mol. The van der Waals surface area contributed by atoms with Crippen molar-refractivity contribution in [2.45, 2.75) is 346 Å². The number of allylic oxidation sites excluding steroid dienone is 8. The first-order chi connectivity index (χ1) is 34.5. The molecule has 0 saturated heterocycles. The molecule has 0 aromatic rings. The minimum absolute atomic E-state index is 0.359. The van der Waals surface area contributed by atoms with Crippen molar-refractivity contribution >= 4 is 5.91 Å². The van der Waals surface area contributed by atoms with Gasteiger partial charge in [0, 0.05) is 0 Å². The molecule has 0 aliphatic heterocycles. The highest BCUT2D eigenvalue weighted by Gasteiger charge is 2.28. The second-order valence-electron chi connectivity index (χ2n) is 21.4. The molecule has 0 fully saturated rings. The number of aliphatic hydroxyl groups is 4. The van der Waals surface area contributed by atoms with E-state index in [9.17, 15) is 25.2 Å². The molecule has 0 aliphatic carbocycles. The molecule has 0 aliphatic rings. The summed E-state index contributed by atoms with van der Waals surface area (Å²) in [5.74, 6) is -0.596. The highest BCUT2D eigenvalue weighted by molar-refractivity contribution is 5.80. The lowest BCUT2D eigenvalue weighted by Gasteiger charge is -2.27. The summed E-state index contributed by atoms with van der Waals surface area (Å²) in [5, 5.41) is 44.0. The maximum atomic E-state index is 12.6. The zero-order chi connectivity index (χ0) is 50.9. The average Bonchev–Trinajstić information content (AvgIpc) is 3.36. The first-order valence-electron chi connectivity index (χ1n) is 31.0. The molecule has 412 valence electrons. The van der Waals surface area contributed by atoms with Gasteiger partial charge in [0.25, 0.3) is 0 Å². The quantitative estimate of drug-likeness (QED) is 0.0308. The van der Waals surface area contributed by atoms with E-state index in [1.54, 1.807) is 0 Å². The van der Waals surface area contributed by atoms with Gasteiger partial charge in [0.05, 0.1) is 18.8 Å². The lowest BCUT2D eigenvalue weighted by atomic mass is 10.00. The summed E-state index contributed by atoms with van der Waals surface area (Å²) >= 11 is 0. The molecular formula is C64H121NO5. The van der Waals surface area contributed by atoms with Crippen LogP contribution in [0.5, 0.6) is 0 Å². The van der Waals surface area contributed by atoms with Crippen molar-refractivity contribution in [3.05, 3.63) is 48.6 Å². The summed E-state index contributed by atoms with van der Waals surface area (Å²) in [6.07, 6.45) is 74.9. The van der Waals surface area contributed by atoms with Gasteiger partial charge in [-0.3, -0.25) is 4.79 Å². The summed E-state index contributed by atoms with van der Waals surface area (Å²) in [4.78, 5) is 12.6. The Kier molecular flexibility index (Phi) is 56.7. The smallest absolute Gasteiger partial charge is 0.249 e. The Balaban J connectivity index is 3.65. The van der Waals surface area contributed by atoms with Gasteiger partial charge in [-0.25, -0.2) is 0 Å². The van der Waals surface area contributed by atoms with Crippen LogP contribution in [0.25, 0.3) is 0 Å². The Morgan fingerprint density at radius 3 is 0.900 bits per heavy atom. The van der Waals surface area contributed by atoms with Crippen molar-refractivity contribution < 1.29 is 25.2 Å². The van der Waals surface area contributed by atoms with Crippen molar-refractivity contribution in [3.8, 4) is 0 Å². The molecule has 0 heterocycles. The summed E-state index contributed by atoms with van der Waals surface area (Å²) in [5.41, 5.74) is 0. The van der Waals surface area contributed by atoms with Gasteiger partial charge in [0.1, 0.15) is 12.2 Å². The van der Waals surface area contributed by atoms with E-state index in [-0.39, 0.29) is 0 Å². The fourth-order valence-corrected chi connectivity index (χ4v) is 9.61. The molecule has 1 amide bonds. The Hall–Kier alpha value is -1.73. The number of rotatable bonds is 57. The number of carbonyl (C=O) groups excluding carboxylic acids is 1. The maximum absolute atomic E-state index is 12.6. The molecule has 6 nitrogen and oxygen atoms in total. The molecule has 0 aromatic heterocycles. The van der Waals surface area contributed by atoms with Crippen molar-refractivity contribution in [2.24, 2.45) is 0 Å². The van der Waals surface area contributed by atoms with E-state index in [1.165, 1.54) is 238 Å². The standard InChI is InChI=1S/C64H121NO5/c1-3-5-7-9-11-13-15-17-19-21-23-25-27-29-30-31-32-33-34-36-38-40-42-44-46-48-50-52-54-56-58-62(68)64(70)65-60(59-66)63(69)61(67)57-55-53-51-49-47-45-43-41-39-37-35-28-26-24-22-20-18-16-14-12-10-8-6-4-2/h28-30,35,41,43,49,51,60-63,66-69H,3-27,31-34,36-40,42,44-48,50,52-59H2,1-2H3,(H,65,70)/b30-29-,35-28+,43-41+,51-49+. The zero-order valence-corrected chi connectivity index (χ0v) is 46.8. The fraction of sp³-hybridized carbons (Fsp3) is 0.859. The third-order valence-corrected chi connectivity index (χ3v) is 14.5. The minimum atomic E-state index is -1.30. The van der Waals surface area contributed by atoms with Crippen LogP contribution in [0.4, 0.5) is 0 Å². The Morgan fingerprint density at radius 2 is 0.600 bits per heavy atom. The first-order valence-corrected chi connectivity index (χ1v) is 31.0. The highest BCUT2D eigenvalue weighted by Crippen LogP contribution is 2.17. The SMILES string of the molecule is CCCCCCCCCCCCC/C=C/CC/C=C/CC/C=C/CCCC(O)C(O)C(CO)NC(=O)C(O)CCCCCCCCCCCCCCCC/C=C\CCCCCCCCCCCCCC. The van der Waals surface area contributed by atoms with Crippen LogP contribution in [-0.4, -0.2) is 57.3 Å². The lowest BCUT2D eigenvalue weighted by Crippen LogP contribution is -2.53. The Morgan fingerprint density at radius 1 is 0.343 bits per heavy atom. The van der Waals surface area contributed by atoms with E-state index in [0.717, 1.165) is 51.4 Å². The summed E-state index contributed by atoms with van der Waals surface area (Å²) in [7, 11) is 0. The van der Waals surface area contributed by atoms with Gasteiger partial charge < -0.3 is 25.7 Å². The van der Waals surface area contributed by atoms with Crippen molar-refractivity contribution in [1.29, 1.82) is 0 Å². The van der Waals surface area contributed by atoms with Gasteiger partial charge in [-0.15, -0.1) is 0 Å². The normalized spacial score (nSPS) is 14.0. The molecule has 0 aromatic carbocycles. The predicted octanol–water partition coefficient (Wildman–Crippen LogP) is 18.5. The number of unbranched alkanes of at least 4 members (excludes halogenated alkanes) is 40. The topological polar surface area (TPSA) is 110 Å². The molecule has 4 unspecified atom stereocenters. The molecule has 0 saturated carbocycles. The van der Waals surface area contributed by atoms with Crippen LogP contribution in [0.1, 0.15) is 322 Å². The number of aliphatic hydroxyl groups excluding tert-OH is 4. The van der Waals surface area contributed by atoms with Crippen LogP contribution in [0.2, 0.25) is 0 Å². The van der Waals surface area contributed by atoms with Gasteiger partial charge in [-0.05, 0) is 89.9 Å². The summed E-state index contributed by atoms with van der Waals surface area (Å²) in [6.45, 7) is 4.07. The molecule has 5 N–H and O–H groups in total.